The Morgan fingerprint density at radius 3 is 1.09 bits per heavy atom. The van der Waals surface area contributed by atoms with Gasteiger partial charge in [0.25, 0.3) is 0 Å². The van der Waals surface area contributed by atoms with Crippen molar-refractivity contribution in [1.29, 1.82) is 0 Å². The molecule has 112 valence electrons. The van der Waals surface area contributed by atoms with Gasteiger partial charge in [-0.2, -0.15) is 0 Å². The molecule has 0 radical (unpaired) electrons. The van der Waals surface area contributed by atoms with Gasteiger partial charge in [0, 0.05) is 11.1 Å². The van der Waals surface area contributed by atoms with Crippen molar-refractivity contribution in [3.8, 4) is 0 Å². The molecule has 0 fully saturated rings. The zero-order valence-corrected chi connectivity index (χ0v) is 11.3. The molecular formula is C16H12O6. The van der Waals surface area contributed by atoms with Gasteiger partial charge in [0.15, 0.2) is 0 Å². The second-order valence-corrected chi connectivity index (χ2v) is 4.09. The standard InChI is InChI=1S/2C8H6O3/c2*9-5-6-1-3-7(4-2-6)8(10)11/h2*1-5H,(H,10,11). The van der Waals surface area contributed by atoms with Crippen LogP contribution in [0.25, 0.3) is 0 Å². The monoisotopic (exact) mass is 300 g/mol. The van der Waals surface area contributed by atoms with Crippen molar-refractivity contribution in [2.45, 2.75) is 0 Å². The summed E-state index contributed by atoms with van der Waals surface area (Å²) in [4.78, 5) is 40.9. The Morgan fingerprint density at radius 2 is 0.909 bits per heavy atom. The first-order chi connectivity index (χ1) is 10.5. The predicted molar refractivity (Wildman–Crippen MR) is 77.6 cm³/mol. The summed E-state index contributed by atoms with van der Waals surface area (Å²) in [5.41, 5.74) is 1.34. The van der Waals surface area contributed by atoms with E-state index < -0.39 is 11.9 Å². The van der Waals surface area contributed by atoms with Crippen LogP contribution in [0.15, 0.2) is 48.5 Å². The van der Waals surface area contributed by atoms with E-state index >= 15 is 0 Å². The number of carboxylic acid groups (broad SMARTS) is 2. The van der Waals surface area contributed by atoms with Crippen LogP contribution < -0.4 is 0 Å². The van der Waals surface area contributed by atoms with Crippen LogP contribution in [0, 0.1) is 0 Å². The van der Waals surface area contributed by atoms with Crippen molar-refractivity contribution in [1.82, 2.24) is 0 Å². The summed E-state index contributed by atoms with van der Waals surface area (Å²) in [6.45, 7) is 0. The highest BCUT2D eigenvalue weighted by atomic mass is 16.4. The van der Waals surface area contributed by atoms with Crippen molar-refractivity contribution in [2.75, 3.05) is 0 Å². The van der Waals surface area contributed by atoms with E-state index in [0.717, 1.165) is 0 Å². The normalized spacial score (nSPS) is 9.09. The van der Waals surface area contributed by atoms with Gasteiger partial charge in [0.2, 0.25) is 0 Å². The minimum absolute atomic E-state index is 0.190. The second-order valence-electron chi connectivity index (χ2n) is 4.09. The Hall–Kier alpha value is -3.28. The van der Waals surface area contributed by atoms with Crippen molar-refractivity contribution < 1.29 is 29.4 Å². The fourth-order valence-electron chi connectivity index (χ4n) is 1.41. The maximum absolute atomic E-state index is 10.3. The fraction of sp³-hybridized carbons (Fsp3) is 0. The van der Waals surface area contributed by atoms with Crippen LogP contribution in [0.3, 0.4) is 0 Å². The zero-order chi connectivity index (χ0) is 16.5. The van der Waals surface area contributed by atoms with Crippen molar-refractivity contribution in [2.24, 2.45) is 0 Å². The maximum atomic E-state index is 10.3. The molecule has 22 heavy (non-hydrogen) atoms. The van der Waals surface area contributed by atoms with E-state index in [2.05, 4.69) is 0 Å². The third-order valence-corrected chi connectivity index (χ3v) is 2.59. The van der Waals surface area contributed by atoms with Crippen LogP contribution in [0.2, 0.25) is 0 Å². The van der Waals surface area contributed by atoms with E-state index in [1.54, 1.807) is 0 Å². The van der Waals surface area contributed by atoms with Crippen LogP contribution in [-0.2, 0) is 0 Å². The van der Waals surface area contributed by atoms with Gasteiger partial charge in [-0.05, 0) is 24.3 Å². The zero-order valence-electron chi connectivity index (χ0n) is 11.3. The number of carbonyl (C=O) groups excluding carboxylic acids is 2. The average molecular weight is 300 g/mol. The topological polar surface area (TPSA) is 109 Å². The van der Waals surface area contributed by atoms with E-state index in [9.17, 15) is 19.2 Å². The molecule has 0 aliphatic carbocycles. The number of hydrogen-bond acceptors (Lipinski definition) is 4. The van der Waals surface area contributed by atoms with Crippen LogP contribution in [0.4, 0.5) is 0 Å². The molecule has 0 atom stereocenters. The van der Waals surface area contributed by atoms with Crippen LogP contribution in [0.5, 0.6) is 0 Å². The van der Waals surface area contributed by atoms with Gasteiger partial charge in [-0.25, -0.2) is 9.59 Å². The molecule has 0 unspecified atom stereocenters. The number of aromatic carboxylic acids is 2. The van der Waals surface area contributed by atoms with Gasteiger partial charge < -0.3 is 10.2 Å². The van der Waals surface area contributed by atoms with Crippen LogP contribution in [0.1, 0.15) is 41.4 Å². The highest BCUT2D eigenvalue weighted by Gasteiger charge is 2.00. The third kappa shape index (κ3) is 5.01. The van der Waals surface area contributed by atoms with Crippen molar-refractivity contribution >= 4 is 24.5 Å². The van der Waals surface area contributed by atoms with Crippen molar-refractivity contribution in [3.05, 3.63) is 70.8 Å². The lowest BCUT2D eigenvalue weighted by molar-refractivity contribution is 0.0686. The first kappa shape index (κ1) is 16.8. The number of hydrogen-bond donors (Lipinski definition) is 2. The minimum atomic E-state index is -0.984. The van der Waals surface area contributed by atoms with E-state index in [4.69, 9.17) is 10.2 Å². The maximum Gasteiger partial charge on any atom is 0.335 e. The molecule has 0 bridgehead atoms. The van der Waals surface area contributed by atoms with Gasteiger partial charge in [0.1, 0.15) is 12.6 Å². The number of aldehydes is 2. The SMILES string of the molecule is O=Cc1ccc(C(=O)O)cc1.O=Cc1ccc(C(=O)O)cc1. The highest BCUT2D eigenvalue weighted by Crippen LogP contribution is 2.02. The number of carboxylic acids is 2. The number of benzene rings is 2. The van der Waals surface area contributed by atoms with E-state index in [-0.39, 0.29) is 11.1 Å². The van der Waals surface area contributed by atoms with Gasteiger partial charge in [-0.3, -0.25) is 9.59 Å². The third-order valence-electron chi connectivity index (χ3n) is 2.59. The number of rotatable bonds is 4. The molecule has 6 heteroatoms. The Kier molecular flexibility index (Phi) is 6.18. The average Bonchev–Trinajstić information content (AvgIpc) is 2.55. The van der Waals surface area contributed by atoms with E-state index in [1.165, 1.54) is 48.5 Å². The lowest BCUT2D eigenvalue weighted by atomic mass is 10.1. The summed E-state index contributed by atoms with van der Waals surface area (Å²) in [7, 11) is 0. The first-order valence-corrected chi connectivity index (χ1v) is 6.05. The lowest BCUT2D eigenvalue weighted by Gasteiger charge is -1.92. The smallest absolute Gasteiger partial charge is 0.335 e. The summed E-state index contributed by atoms with van der Waals surface area (Å²) >= 11 is 0. The highest BCUT2D eigenvalue weighted by molar-refractivity contribution is 5.89. The molecule has 0 aliphatic rings. The lowest BCUT2D eigenvalue weighted by Crippen LogP contribution is -1.95. The summed E-state index contributed by atoms with van der Waals surface area (Å²) in [5, 5.41) is 16.9. The summed E-state index contributed by atoms with van der Waals surface area (Å²) in [6.07, 6.45) is 1.34. The summed E-state index contributed by atoms with van der Waals surface area (Å²) in [6, 6.07) is 11.5. The largest absolute Gasteiger partial charge is 0.478 e. The fourth-order valence-corrected chi connectivity index (χ4v) is 1.41. The van der Waals surface area contributed by atoms with Crippen molar-refractivity contribution in [3.63, 3.8) is 0 Å². The molecule has 0 spiro atoms. The molecule has 0 aliphatic heterocycles. The molecule has 0 aromatic heterocycles. The molecule has 6 nitrogen and oxygen atoms in total. The van der Waals surface area contributed by atoms with E-state index in [0.29, 0.717) is 23.7 Å². The van der Waals surface area contributed by atoms with Gasteiger partial charge in [-0.15, -0.1) is 0 Å². The molecule has 0 saturated carbocycles. The van der Waals surface area contributed by atoms with Gasteiger partial charge in [-0.1, -0.05) is 24.3 Å². The Morgan fingerprint density at radius 1 is 0.636 bits per heavy atom. The molecule has 0 amide bonds. The first-order valence-electron chi connectivity index (χ1n) is 6.05. The summed E-state index contributed by atoms with van der Waals surface area (Å²) in [5.74, 6) is -1.97. The quantitative estimate of drug-likeness (QED) is 0.839. The predicted octanol–water partition coefficient (Wildman–Crippen LogP) is 2.39. The van der Waals surface area contributed by atoms with Crippen LogP contribution >= 0.6 is 0 Å². The molecule has 2 aromatic carbocycles. The Balaban J connectivity index is 0.000000220. The molecule has 0 heterocycles. The van der Waals surface area contributed by atoms with Gasteiger partial charge in [0.05, 0.1) is 11.1 Å². The number of carbonyl (C=O) groups is 4. The van der Waals surface area contributed by atoms with Crippen LogP contribution in [-0.4, -0.2) is 34.7 Å². The Labute approximate surface area is 125 Å². The summed E-state index contributed by atoms with van der Waals surface area (Å²) < 4.78 is 0. The van der Waals surface area contributed by atoms with Gasteiger partial charge >= 0.3 is 11.9 Å². The Bertz CT molecular complexity index is 609. The minimum Gasteiger partial charge on any atom is -0.478 e. The second kappa shape index (κ2) is 8.11. The van der Waals surface area contributed by atoms with E-state index in [1.807, 2.05) is 0 Å². The molecular weight excluding hydrogens is 288 g/mol. The molecule has 2 aromatic rings. The molecule has 2 N–H and O–H groups in total. The molecule has 2 rings (SSSR count). The molecule has 0 saturated heterocycles.